The van der Waals surface area contributed by atoms with Crippen LogP contribution in [0.5, 0.6) is 11.5 Å². The third kappa shape index (κ3) is 8.74. The number of nitriles is 1. The van der Waals surface area contributed by atoms with Crippen LogP contribution in [0.1, 0.15) is 73.0 Å². The SMILES string of the molecule is COc1ccc(C(OC[C@]23CN(C(=O)c4ccc5ccc6cccc7ccc4c5c67)[C@H]([C@H](n4cc(C)c(=O)[nH]c4=O)O2)[C@H]3OP(OCCC#N)N(C(C)C)C(C)C)(c2ccccc2)c2ccc(OC)cc2)cc1. The molecule has 0 saturated carbocycles. The third-order valence-electron chi connectivity index (χ3n) is 14.3. The molecule has 5 atom stereocenters. The molecule has 2 bridgehead atoms. The summed E-state index contributed by atoms with van der Waals surface area (Å²) in [6.45, 7) is 9.69. The number of benzene rings is 7. The summed E-state index contributed by atoms with van der Waals surface area (Å²) in [5, 5.41) is 15.7. The Kier molecular flexibility index (Phi) is 13.7. The summed E-state index contributed by atoms with van der Waals surface area (Å²) in [4.78, 5) is 47.5. The first kappa shape index (κ1) is 49.6. The molecule has 8 aromatic rings. The fraction of sp³-hybridized carbons (Fsp3) is 0.310. The molecule has 10 rings (SSSR count). The molecule has 2 aliphatic rings. The molecular formula is C58H58N5O9P. The lowest BCUT2D eigenvalue weighted by Crippen LogP contribution is -2.53. The van der Waals surface area contributed by atoms with E-state index in [0.29, 0.717) is 17.1 Å². The lowest BCUT2D eigenvalue weighted by Gasteiger charge is -2.42. The molecule has 2 saturated heterocycles. The van der Waals surface area contributed by atoms with Gasteiger partial charge in [-0.2, -0.15) is 5.26 Å². The lowest BCUT2D eigenvalue weighted by atomic mass is 9.79. The van der Waals surface area contributed by atoms with E-state index < -0.39 is 49.4 Å². The molecule has 1 aromatic heterocycles. The van der Waals surface area contributed by atoms with E-state index in [4.69, 9.17) is 28.0 Å². The molecule has 3 heterocycles. The van der Waals surface area contributed by atoms with Crippen molar-refractivity contribution in [2.45, 2.75) is 82.7 Å². The van der Waals surface area contributed by atoms with Gasteiger partial charge in [-0.3, -0.25) is 19.1 Å². The van der Waals surface area contributed by atoms with Crippen molar-refractivity contribution in [1.29, 1.82) is 5.26 Å². The first-order chi connectivity index (χ1) is 35.3. The van der Waals surface area contributed by atoms with E-state index in [2.05, 4.69) is 67.7 Å². The van der Waals surface area contributed by atoms with Crippen LogP contribution in [0.4, 0.5) is 0 Å². The van der Waals surface area contributed by atoms with Gasteiger partial charge < -0.3 is 32.9 Å². The van der Waals surface area contributed by atoms with E-state index in [-0.39, 0.29) is 49.7 Å². The number of nitrogens with one attached hydrogen (secondary N) is 1. The topological polar surface area (TPSA) is 158 Å². The molecule has 1 unspecified atom stereocenters. The van der Waals surface area contributed by atoms with Crippen molar-refractivity contribution in [1.82, 2.24) is 19.1 Å². The number of aromatic nitrogens is 2. The number of fused-ring (bicyclic) bond motifs is 2. The maximum absolute atomic E-state index is 16.0. The summed E-state index contributed by atoms with van der Waals surface area (Å²) < 4.78 is 43.9. The number of morpholine rings is 1. The zero-order valence-electron chi connectivity index (χ0n) is 41.9. The predicted octanol–water partition coefficient (Wildman–Crippen LogP) is 10.2. The van der Waals surface area contributed by atoms with Crippen molar-refractivity contribution in [3.05, 3.63) is 188 Å². The van der Waals surface area contributed by atoms with E-state index in [1.54, 1.807) is 26.0 Å². The van der Waals surface area contributed by atoms with Gasteiger partial charge in [-0.15, -0.1) is 0 Å². The molecular weight excluding hydrogens is 942 g/mol. The van der Waals surface area contributed by atoms with E-state index >= 15 is 4.79 Å². The van der Waals surface area contributed by atoms with E-state index in [1.165, 1.54) is 10.8 Å². The molecule has 2 aliphatic heterocycles. The Labute approximate surface area is 424 Å². The number of H-pyrrole nitrogens is 1. The zero-order chi connectivity index (χ0) is 51.2. The Morgan fingerprint density at radius 3 is 2.00 bits per heavy atom. The summed E-state index contributed by atoms with van der Waals surface area (Å²) in [6.07, 6.45) is -0.623. The molecule has 0 aliphatic carbocycles. The monoisotopic (exact) mass is 999 g/mol. The van der Waals surface area contributed by atoms with Gasteiger partial charge in [-0.25, -0.2) is 9.46 Å². The molecule has 1 N–H and O–H groups in total. The van der Waals surface area contributed by atoms with Gasteiger partial charge >= 0.3 is 5.69 Å². The predicted molar refractivity (Wildman–Crippen MR) is 282 cm³/mol. The number of hydrogen-bond acceptors (Lipinski definition) is 11. The first-order valence-electron chi connectivity index (χ1n) is 24.5. The number of amides is 1. The molecule has 0 radical (unpaired) electrons. The molecule has 7 aromatic carbocycles. The Morgan fingerprint density at radius 2 is 1.40 bits per heavy atom. The Hall–Kier alpha value is -6.95. The maximum Gasteiger partial charge on any atom is 0.330 e. The summed E-state index contributed by atoms with van der Waals surface area (Å²) in [7, 11) is 1.26. The number of aromatic amines is 1. The Bertz CT molecular complexity index is 3380. The van der Waals surface area contributed by atoms with Crippen LogP contribution in [0.25, 0.3) is 32.3 Å². The number of methoxy groups -OCH3 is 2. The fourth-order valence-electron chi connectivity index (χ4n) is 11.0. The highest BCUT2D eigenvalue weighted by molar-refractivity contribution is 7.44. The average molecular weight is 1000 g/mol. The highest BCUT2D eigenvalue weighted by Gasteiger charge is 2.68. The second kappa shape index (κ2) is 20.2. The number of aryl methyl sites for hydroxylation is 1. The normalized spacial score (nSPS) is 19.2. The standard InChI is InChI=1S/C58H58N5O9P/c1-36(2)63(37(3)4)73(70-32-12-31-59)72-52-51-55(61-33-38(5)53(64)60-56(61)66)71-57(52,34-62(51)54(65)48-30-20-41-18-17-39-13-11-14-40-19-29-47(48)50(41)49(39)40)35-69-58(42-15-9-8-10-16-42,43-21-25-45(67-6)26-22-43)44-23-27-46(68-7)28-24-44/h8-11,13-30,33,36-37,51-52,55H,12,32,34-35H2,1-7H3,(H,60,64,66)/t51-,52+,55+,57-,73?/m0/s1. The van der Waals surface area contributed by atoms with Gasteiger partial charge in [-0.1, -0.05) is 103 Å². The van der Waals surface area contributed by atoms with E-state index in [9.17, 15) is 14.9 Å². The molecule has 15 heteroatoms. The van der Waals surface area contributed by atoms with Crippen LogP contribution in [0.15, 0.2) is 149 Å². The van der Waals surface area contributed by atoms with Crippen LogP contribution in [-0.2, 0) is 24.1 Å². The Morgan fingerprint density at radius 1 is 0.808 bits per heavy atom. The average Bonchev–Trinajstić information content (AvgIpc) is 3.89. The summed E-state index contributed by atoms with van der Waals surface area (Å²) in [5.74, 6) is 1.00. The van der Waals surface area contributed by atoms with Crippen LogP contribution in [-0.4, -0.2) is 88.8 Å². The van der Waals surface area contributed by atoms with Crippen molar-refractivity contribution in [2.24, 2.45) is 0 Å². The highest BCUT2D eigenvalue weighted by Crippen LogP contribution is 2.57. The second-order valence-electron chi connectivity index (χ2n) is 19.3. The summed E-state index contributed by atoms with van der Waals surface area (Å²) in [5.41, 5.74) is -1.04. The molecule has 14 nitrogen and oxygen atoms in total. The van der Waals surface area contributed by atoms with Gasteiger partial charge in [0.2, 0.25) is 0 Å². The van der Waals surface area contributed by atoms with Crippen LogP contribution in [0.2, 0.25) is 0 Å². The molecule has 1 amide bonds. The number of ether oxygens (including phenoxy) is 4. The third-order valence-corrected chi connectivity index (χ3v) is 16.4. The smallest absolute Gasteiger partial charge is 0.330 e. The molecule has 0 spiro atoms. The molecule has 2 fully saturated rings. The van der Waals surface area contributed by atoms with Crippen molar-refractivity contribution in [3.8, 4) is 17.6 Å². The number of hydrogen-bond donors (Lipinski definition) is 1. The number of carbonyl (C=O) groups is 1. The quantitative estimate of drug-likeness (QED) is 0.0378. The molecule has 374 valence electrons. The van der Waals surface area contributed by atoms with Gasteiger partial charge in [0, 0.05) is 29.4 Å². The first-order valence-corrected chi connectivity index (χ1v) is 25.7. The van der Waals surface area contributed by atoms with Crippen LogP contribution in [0, 0.1) is 18.3 Å². The number of rotatable bonds is 18. The van der Waals surface area contributed by atoms with Crippen LogP contribution in [0.3, 0.4) is 0 Å². The van der Waals surface area contributed by atoms with Crippen molar-refractivity contribution in [2.75, 3.05) is 34.0 Å². The number of carbonyl (C=O) groups excluding carboxylic acids is 1. The van der Waals surface area contributed by atoms with Crippen molar-refractivity contribution in [3.63, 3.8) is 0 Å². The minimum Gasteiger partial charge on any atom is -0.497 e. The van der Waals surface area contributed by atoms with E-state index in [0.717, 1.165) is 49.0 Å². The Balaban J connectivity index is 1.20. The lowest BCUT2D eigenvalue weighted by molar-refractivity contribution is -0.173. The van der Waals surface area contributed by atoms with Crippen molar-refractivity contribution < 1.29 is 32.8 Å². The maximum atomic E-state index is 16.0. The van der Waals surface area contributed by atoms with Gasteiger partial charge in [0.15, 0.2) is 6.23 Å². The van der Waals surface area contributed by atoms with Crippen LogP contribution >= 0.6 is 8.53 Å². The minimum absolute atomic E-state index is 0.0302. The van der Waals surface area contributed by atoms with Gasteiger partial charge in [0.25, 0.3) is 20.0 Å². The number of likely N-dealkylation sites (tertiary alicyclic amines) is 1. The molecule has 73 heavy (non-hydrogen) atoms. The van der Waals surface area contributed by atoms with Crippen LogP contribution < -0.4 is 20.7 Å². The second-order valence-corrected chi connectivity index (χ2v) is 20.7. The van der Waals surface area contributed by atoms with Gasteiger partial charge in [0.1, 0.15) is 34.8 Å². The summed E-state index contributed by atoms with van der Waals surface area (Å²) >= 11 is 0. The minimum atomic E-state index is -1.97. The zero-order valence-corrected chi connectivity index (χ0v) is 42.8. The van der Waals surface area contributed by atoms with E-state index in [1.807, 2.05) is 109 Å². The number of nitrogens with zero attached hydrogens (tertiary/aromatic N) is 4. The summed E-state index contributed by atoms with van der Waals surface area (Å²) in [6, 6.07) is 44.6. The largest absolute Gasteiger partial charge is 0.497 e. The fourth-order valence-corrected chi connectivity index (χ4v) is 12.8. The van der Waals surface area contributed by atoms with Gasteiger partial charge in [0.05, 0.1) is 46.5 Å². The van der Waals surface area contributed by atoms with Gasteiger partial charge in [-0.05, 0) is 114 Å². The van der Waals surface area contributed by atoms with Crippen molar-refractivity contribution >= 4 is 46.8 Å². The highest BCUT2D eigenvalue weighted by atomic mass is 31.2.